The van der Waals surface area contributed by atoms with Crippen molar-refractivity contribution in [1.29, 1.82) is 0 Å². The van der Waals surface area contributed by atoms with Crippen LogP contribution in [0.15, 0.2) is 54.6 Å². The van der Waals surface area contributed by atoms with Gasteiger partial charge in [-0.3, -0.25) is 0 Å². The van der Waals surface area contributed by atoms with E-state index < -0.39 is 0 Å². The van der Waals surface area contributed by atoms with E-state index in [1.54, 1.807) is 0 Å². The Bertz CT molecular complexity index is 599. The van der Waals surface area contributed by atoms with E-state index in [9.17, 15) is 0 Å². The van der Waals surface area contributed by atoms with Crippen molar-refractivity contribution in [1.82, 2.24) is 4.90 Å². The maximum Gasteiger partial charge on any atom is 0.108 e. The molecule has 0 saturated carbocycles. The average molecular weight is 330 g/mol. The third-order valence-electron chi connectivity index (χ3n) is 4.68. The van der Waals surface area contributed by atoms with Crippen molar-refractivity contribution in [2.45, 2.75) is 31.4 Å². The van der Waals surface area contributed by atoms with Crippen LogP contribution in [-0.2, 0) is 4.74 Å². The SMILES string of the molecule is CN1CCC[C@@H]1CCOC(c1ccccc1)c1ccc(Cl)cc1. The van der Waals surface area contributed by atoms with Gasteiger partial charge >= 0.3 is 0 Å². The number of ether oxygens (including phenoxy) is 1. The van der Waals surface area contributed by atoms with E-state index in [1.807, 2.05) is 18.2 Å². The molecule has 0 radical (unpaired) electrons. The van der Waals surface area contributed by atoms with Gasteiger partial charge < -0.3 is 9.64 Å². The Kier molecular flexibility index (Phi) is 5.71. The van der Waals surface area contributed by atoms with E-state index in [4.69, 9.17) is 16.3 Å². The normalized spacial score (nSPS) is 19.8. The minimum Gasteiger partial charge on any atom is -0.369 e. The fraction of sp³-hybridized carbons (Fsp3) is 0.400. The van der Waals surface area contributed by atoms with Gasteiger partial charge in [0.1, 0.15) is 6.10 Å². The van der Waals surface area contributed by atoms with Crippen LogP contribution in [0.3, 0.4) is 0 Å². The molecular formula is C20H24ClNO. The highest BCUT2D eigenvalue weighted by Crippen LogP contribution is 2.28. The summed E-state index contributed by atoms with van der Waals surface area (Å²) in [5.41, 5.74) is 2.34. The average Bonchev–Trinajstić information content (AvgIpc) is 2.99. The molecule has 1 aliphatic rings. The molecule has 1 heterocycles. The summed E-state index contributed by atoms with van der Waals surface area (Å²) in [5, 5.41) is 0.758. The maximum atomic E-state index is 6.29. The Morgan fingerprint density at radius 1 is 1.09 bits per heavy atom. The first-order valence-corrected chi connectivity index (χ1v) is 8.74. The molecule has 1 unspecified atom stereocenters. The van der Waals surface area contributed by atoms with Gasteiger partial charge in [0.05, 0.1) is 0 Å². The van der Waals surface area contributed by atoms with Gasteiger partial charge in [-0.05, 0) is 56.1 Å². The molecule has 122 valence electrons. The summed E-state index contributed by atoms with van der Waals surface area (Å²) in [4.78, 5) is 2.45. The molecule has 1 fully saturated rings. The Labute approximate surface area is 144 Å². The van der Waals surface area contributed by atoms with Crippen LogP contribution in [0.1, 0.15) is 36.5 Å². The summed E-state index contributed by atoms with van der Waals surface area (Å²) in [5.74, 6) is 0. The molecule has 0 bridgehead atoms. The zero-order valence-corrected chi connectivity index (χ0v) is 14.4. The van der Waals surface area contributed by atoms with Crippen LogP contribution in [0.25, 0.3) is 0 Å². The molecule has 0 aliphatic carbocycles. The van der Waals surface area contributed by atoms with Crippen LogP contribution >= 0.6 is 11.6 Å². The largest absolute Gasteiger partial charge is 0.369 e. The lowest BCUT2D eigenvalue weighted by atomic mass is 10.0. The van der Waals surface area contributed by atoms with Gasteiger partial charge in [-0.25, -0.2) is 0 Å². The third kappa shape index (κ3) is 4.35. The van der Waals surface area contributed by atoms with Crippen molar-refractivity contribution >= 4 is 11.6 Å². The summed E-state index contributed by atoms with van der Waals surface area (Å²) in [7, 11) is 2.21. The molecule has 3 rings (SSSR count). The first-order valence-electron chi connectivity index (χ1n) is 8.36. The molecule has 1 saturated heterocycles. The van der Waals surface area contributed by atoms with Crippen molar-refractivity contribution < 1.29 is 4.74 Å². The minimum atomic E-state index is -0.0276. The molecule has 2 aromatic carbocycles. The lowest BCUT2D eigenvalue weighted by Crippen LogP contribution is -2.26. The highest BCUT2D eigenvalue weighted by molar-refractivity contribution is 6.30. The molecule has 2 aromatic rings. The lowest BCUT2D eigenvalue weighted by Gasteiger charge is -2.23. The Balaban J connectivity index is 1.69. The van der Waals surface area contributed by atoms with Crippen LogP contribution in [-0.4, -0.2) is 31.1 Å². The van der Waals surface area contributed by atoms with Gasteiger partial charge in [-0.1, -0.05) is 54.1 Å². The minimum absolute atomic E-state index is 0.0276. The number of likely N-dealkylation sites (tertiary alicyclic amines) is 1. The van der Waals surface area contributed by atoms with E-state index in [0.29, 0.717) is 6.04 Å². The van der Waals surface area contributed by atoms with Crippen LogP contribution in [0.5, 0.6) is 0 Å². The number of hydrogen-bond donors (Lipinski definition) is 0. The molecular weight excluding hydrogens is 306 g/mol. The predicted molar refractivity (Wildman–Crippen MR) is 96.0 cm³/mol. The second-order valence-electron chi connectivity index (χ2n) is 6.28. The summed E-state index contributed by atoms with van der Waals surface area (Å²) >= 11 is 6.02. The Morgan fingerprint density at radius 3 is 2.43 bits per heavy atom. The van der Waals surface area contributed by atoms with Gasteiger partial charge in [-0.2, -0.15) is 0 Å². The van der Waals surface area contributed by atoms with Gasteiger partial charge in [0, 0.05) is 17.7 Å². The van der Waals surface area contributed by atoms with Crippen molar-refractivity contribution in [3.63, 3.8) is 0 Å². The van der Waals surface area contributed by atoms with Crippen LogP contribution in [0.4, 0.5) is 0 Å². The number of halogens is 1. The van der Waals surface area contributed by atoms with Crippen molar-refractivity contribution in [3.8, 4) is 0 Å². The van der Waals surface area contributed by atoms with E-state index in [0.717, 1.165) is 23.6 Å². The summed E-state index contributed by atoms with van der Waals surface area (Å²) < 4.78 is 6.29. The quantitative estimate of drug-likeness (QED) is 0.745. The number of benzene rings is 2. The standard InChI is InChI=1S/C20H24ClNO/c1-22-14-5-8-19(22)13-15-23-20(16-6-3-2-4-7-16)17-9-11-18(21)12-10-17/h2-4,6-7,9-12,19-20H,5,8,13-15H2,1H3/t19-,20?/m1/s1. The second kappa shape index (κ2) is 7.96. The van der Waals surface area contributed by atoms with E-state index in [1.165, 1.54) is 24.9 Å². The summed E-state index contributed by atoms with van der Waals surface area (Å²) in [6, 6.07) is 19.1. The topological polar surface area (TPSA) is 12.5 Å². The number of nitrogens with zero attached hydrogens (tertiary/aromatic N) is 1. The molecule has 3 heteroatoms. The fourth-order valence-corrected chi connectivity index (χ4v) is 3.44. The zero-order chi connectivity index (χ0) is 16.1. The van der Waals surface area contributed by atoms with E-state index >= 15 is 0 Å². The monoisotopic (exact) mass is 329 g/mol. The highest BCUT2D eigenvalue weighted by Gasteiger charge is 2.21. The Hall–Kier alpha value is -1.35. The number of rotatable bonds is 6. The molecule has 0 spiro atoms. The first-order chi connectivity index (χ1) is 11.2. The van der Waals surface area contributed by atoms with Gasteiger partial charge in [0.15, 0.2) is 0 Å². The molecule has 2 nitrogen and oxygen atoms in total. The van der Waals surface area contributed by atoms with Crippen molar-refractivity contribution in [2.75, 3.05) is 20.2 Å². The third-order valence-corrected chi connectivity index (χ3v) is 4.93. The number of hydrogen-bond acceptors (Lipinski definition) is 2. The van der Waals surface area contributed by atoms with E-state index in [2.05, 4.69) is 48.3 Å². The van der Waals surface area contributed by atoms with Gasteiger partial charge in [-0.15, -0.1) is 0 Å². The highest BCUT2D eigenvalue weighted by atomic mass is 35.5. The smallest absolute Gasteiger partial charge is 0.108 e. The van der Waals surface area contributed by atoms with Crippen molar-refractivity contribution in [2.24, 2.45) is 0 Å². The van der Waals surface area contributed by atoms with Crippen molar-refractivity contribution in [3.05, 3.63) is 70.7 Å². The molecule has 0 amide bonds. The molecule has 2 atom stereocenters. The lowest BCUT2D eigenvalue weighted by molar-refractivity contribution is 0.0661. The summed E-state index contributed by atoms with van der Waals surface area (Å²) in [6.07, 6.45) is 3.66. The fourth-order valence-electron chi connectivity index (χ4n) is 3.32. The second-order valence-corrected chi connectivity index (χ2v) is 6.71. The van der Waals surface area contributed by atoms with Crippen LogP contribution in [0.2, 0.25) is 5.02 Å². The molecule has 1 aliphatic heterocycles. The molecule has 23 heavy (non-hydrogen) atoms. The summed E-state index contributed by atoms with van der Waals surface area (Å²) in [6.45, 7) is 1.99. The first kappa shape index (κ1) is 16.5. The van der Waals surface area contributed by atoms with Gasteiger partial charge in [0.2, 0.25) is 0 Å². The molecule has 0 aromatic heterocycles. The maximum absolute atomic E-state index is 6.29. The van der Waals surface area contributed by atoms with E-state index in [-0.39, 0.29) is 6.10 Å². The van der Waals surface area contributed by atoms with Gasteiger partial charge in [0.25, 0.3) is 0 Å². The molecule has 0 N–H and O–H groups in total. The predicted octanol–water partition coefficient (Wildman–Crippen LogP) is 4.93. The Morgan fingerprint density at radius 2 is 1.78 bits per heavy atom. The zero-order valence-electron chi connectivity index (χ0n) is 13.6. The van der Waals surface area contributed by atoms with Crippen LogP contribution < -0.4 is 0 Å². The van der Waals surface area contributed by atoms with Crippen LogP contribution in [0, 0.1) is 0 Å².